The number of rotatable bonds is 4. The van der Waals surface area contributed by atoms with E-state index in [9.17, 15) is 9.59 Å². The molecule has 1 aliphatic heterocycles. The number of hydrogen-bond acceptors (Lipinski definition) is 3. The third-order valence-corrected chi connectivity index (χ3v) is 4.91. The largest absolute Gasteiger partial charge is 0.355 e. The molecule has 2 fully saturated rings. The molecular weight excluding hydrogens is 266 g/mol. The third-order valence-electron chi connectivity index (χ3n) is 4.91. The molecule has 2 amide bonds. The lowest BCUT2D eigenvalue weighted by Gasteiger charge is -2.36. The Labute approximate surface area is 127 Å². The molecule has 1 unspecified atom stereocenters. The molecule has 1 saturated carbocycles. The van der Waals surface area contributed by atoms with Crippen LogP contribution >= 0.6 is 0 Å². The molecule has 0 aromatic rings. The summed E-state index contributed by atoms with van der Waals surface area (Å²) < 4.78 is 0. The molecule has 5 heteroatoms. The molecule has 1 aliphatic carbocycles. The van der Waals surface area contributed by atoms with Crippen molar-refractivity contribution in [2.45, 2.75) is 45.4 Å². The molecule has 21 heavy (non-hydrogen) atoms. The van der Waals surface area contributed by atoms with E-state index >= 15 is 0 Å². The minimum absolute atomic E-state index is 0.0511. The van der Waals surface area contributed by atoms with Crippen LogP contribution in [0.5, 0.6) is 0 Å². The summed E-state index contributed by atoms with van der Waals surface area (Å²) in [6.07, 6.45) is 6.15. The highest BCUT2D eigenvalue weighted by molar-refractivity contribution is 5.82. The third kappa shape index (κ3) is 4.43. The summed E-state index contributed by atoms with van der Waals surface area (Å²) in [7, 11) is 0. The second-order valence-electron chi connectivity index (χ2n) is 6.66. The number of hydrogen-bond donors (Lipinski definition) is 2. The van der Waals surface area contributed by atoms with Gasteiger partial charge in [0.2, 0.25) is 11.8 Å². The van der Waals surface area contributed by atoms with Gasteiger partial charge in [0.05, 0.1) is 5.92 Å². The first-order chi connectivity index (χ1) is 10.1. The Morgan fingerprint density at radius 1 is 1.14 bits per heavy atom. The van der Waals surface area contributed by atoms with Crippen molar-refractivity contribution in [3.63, 3.8) is 0 Å². The van der Waals surface area contributed by atoms with Gasteiger partial charge in [-0.05, 0) is 44.4 Å². The standard InChI is InChI=1S/C16H29N3O2/c1-12-4-6-13(7-5-12)16(21)19-10-2-3-14(11-19)15(20)18-9-8-17/h12-14H,2-11,17H2,1H3,(H,18,20). The Balaban J connectivity index is 1.85. The first-order valence-electron chi connectivity index (χ1n) is 8.38. The number of nitrogens with two attached hydrogens (primary N) is 1. The first-order valence-corrected chi connectivity index (χ1v) is 8.38. The topological polar surface area (TPSA) is 75.4 Å². The summed E-state index contributed by atoms with van der Waals surface area (Å²) in [6.45, 7) is 4.64. The van der Waals surface area contributed by atoms with E-state index in [1.165, 1.54) is 0 Å². The summed E-state index contributed by atoms with van der Waals surface area (Å²) in [5.74, 6) is 1.21. The van der Waals surface area contributed by atoms with E-state index in [4.69, 9.17) is 5.73 Å². The predicted molar refractivity (Wildman–Crippen MR) is 82.5 cm³/mol. The van der Waals surface area contributed by atoms with E-state index in [2.05, 4.69) is 12.2 Å². The molecule has 3 N–H and O–H groups in total. The van der Waals surface area contributed by atoms with E-state index in [-0.39, 0.29) is 23.7 Å². The van der Waals surface area contributed by atoms with Gasteiger partial charge in [0.1, 0.15) is 0 Å². The van der Waals surface area contributed by atoms with Gasteiger partial charge in [0.15, 0.2) is 0 Å². The molecular formula is C16H29N3O2. The summed E-state index contributed by atoms with van der Waals surface area (Å²) in [5.41, 5.74) is 5.41. The minimum Gasteiger partial charge on any atom is -0.355 e. The zero-order chi connectivity index (χ0) is 15.2. The van der Waals surface area contributed by atoms with Crippen LogP contribution in [-0.2, 0) is 9.59 Å². The van der Waals surface area contributed by atoms with Gasteiger partial charge >= 0.3 is 0 Å². The summed E-state index contributed by atoms with van der Waals surface area (Å²) >= 11 is 0. The fourth-order valence-electron chi connectivity index (χ4n) is 3.50. The zero-order valence-electron chi connectivity index (χ0n) is 13.1. The van der Waals surface area contributed by atoms with Gasteiger partial charge in [-0.25, -0.2) is 0 Å². The number of piperidine rings is 1. The molecule has 1 atom stereocenters. The predicted octanol–water partition coefficient (Wildman–Crippen LogP) is 1.13. The number of nitrogens with zero attached hydrogens (tertiary/aromatic N) is 1. The second kappa shape index (κ2) is 7.78. The van der Waals surface area contributed by atoms with Crippen LogP contribution in [-0.4, -0.2) is 42.9 Å². The highest BCUT2D eigenvalue weighted by Crippen LogP contribution is 2.30. The molecule has 120 valence electrons. The molecule has 0 bridgehead atoms. The minimum atomic E-state index is -0.0586. The fourth-order valence-corrected chi connectivity index (χ4v) is 3.50. The maximum atomic E-state index is 12.6. The molecule has 1 heterocycles. The zero-order valence-corrected chi connectivity index (χ0v) is 13.1. The van der Waals surface area contributed by atoms with Gasteiger partial charge in [0, 0.05) is 32.1 Å². The Hall–Kier alpha value is -1.10. The van der Waals surface area contributed by atoms with Gasteiger partial charge in [-0.3, -0.25) is 9.59 Å². The summed E-state index contributed by atoms with van der Waals surface area (Å²) in [5, 5.41) is 2.84. The molecule has 2 rings (SSSR count). The first kappa shape index (κ1) is 16.3. The molecule has 0 radical (unpaired) electrons. The number of carbonyl (C=O) groups is 2. The highest BCUT2D eigenvalue weighted by atomic mass is 16.2. The number of nitrogens with one attached hydrogen (secondary N) is 1. The van der Waals surface area contributed by atoms with Crippen molar-refractivity contribution in [2.75, 3.05) is 26.2 Å². The van der Waals surface area contributed by atoms with Gasteiger partial charge in [0.25, 0.3) is 0 Å². The van der Waals surface area contributed by atoms with Crippen LogP contribution in [0.1, 0.15) is 45.4 Å². The Bertz CT molecular complexity index is 365. The maximum absolute atomic E-state index is 12.6. The van der Waals surface area contributed by atoms with Crippen LogP contribution in [0.25, 0.3) is 0 Å². The van der Waals surface area contributed by atoms with E-state index in [1.807, 2.05) is 4.90 Å². The van der Waals surface area contributed by atoms with Crippen molar-refractivity contribution >= 4 is 11.8 Å². The van der Waals surface area contributed by atoms with Crippen molar-refractivity contribution in [3.8, 4) is 0 Å². The van der Waals surface area contributed by atoms with Gasteiger partial charge in [-0.15, -0.1) is 0 Å². The van der Waals surface area contributed by atoms with Crippen molar-refractivity contribution in [1.29, 1.82) is 0 Å². The Morgan fingerprint density at radius 2 is 1.86 bits per heavy atom. The average molecular weight is 295 g/mol. The number of amides is 2. The van der Waals surface area contributed by atoms with Crippen molar-refractivity contribution in [3.05, 3.63) is 0 Å². The van der Waals surface area contributed by atoms with Crippen LogP contribution in [0.2, 0.25) is 0 Å². The van der Waals surface area contributed by atoms with Crippen LogP contribution in [0.4, 0.5) is 0 Å². The second-order valence-corrected chi connectivity index (χ2v) is 6.66. The van der Waals surface area contributed by atoms with Crippen LogP contribution < -0.4 is 11.1 Å². The maximum Gasteiger partial charge on any atom is 0.225 e. The fraction of sp³-hybridized carbons (Fsp3) is 0.875. The highest BCUT2D eigenvalue weighted by Gasteiger charge is 2.33. The van der Waals surface area contributed by atoms with Crippen LogP contribution in [0.3, 0.4) is 0 Å². The Kier molecular flexibility index (Phi) is 6.03. The van der Waals surface area contributed by atoms with Gasteiger partial charge in [-0.2, -0.15) is 0 Å². The summed E-state index contributed by atoms with van der Waals surface area (Å²) in [4.78, 5) is 26.6. The van der Waals surface area contributed by atoms with E-state index in [1.54, 1.807) is 0 Å². The van der Waals surface area contributed by atoms with Crippen molar-refractivity contribution in [2.24, 2.45) is 23.5 Å². The Morgan fingerprint density at radius 3 is 2.52 bits per heavy atom. The molecule has 5 nitrogen and oxygen atoms in total. The quantitative estimate of drug-likeness (QED) is 0.816. The van der Waals surface area contributed by atoms with E-state index in [0.717, 1.165) is 51.0 Å². The lowest BCUT2D eigenvalue weighted by Crippen LogP contribution is -2.48. The van der Waals surface area contributed by atoms with Crippen molar-refractivity contribution in [1.82, 2.24) is 10.2 Å². The lowest BCUT2D eigenvalue weighted by molar-refractivity contribution is -0.140. The summed E-state index contributed by atoms with van der Waals surface area (Å²) in [6, 6.07) is 0. The molecule has 2 aliphatic rings. The van der Waals surface area contributed by atoms with Crippen LogP contribution in [0.15, 0.2) is 0 Å². The normalized spacial score (nSPS) is 30.0. The van der Waals surface area contributed by atoms with E-state index < -0.39 is 0 Å². The average Bonchev–Trinajstić information content (AvgIpc) is 2.52. The van der Waals surface area contributed by atoms with Crippen molar-refractivity contribution < 1.29 is 9.59 Å². The molecule has 0 spiro atoms. The van der Waals surface area contributed by atoms with E-state index in [0.29, 0.717) is 19.6 Å². The van der Waals surface area contributed by atoms with Gasteiger partial charge in [-0.1, -0.05) is 6.92 Å². The number of carbonyl (C=O) groups excluding carboxylic acids is 2. The van der Waals surface area contributed by atoms with Gasteiger partial charge < -0.3 is 16.0 Å². The molecule has 0 aromatic heterocycles. The lowest BCUT2D eigenvalue weighted by atomic mass is 9.82. The molecule has 0 aromatic carbocycles. The SMILES string of the molecule is CC1CCC(C(=O)N2CCCC(C(=O)NCCN)C2)CC1. The monoisotopic (exact) mass is 295 g/mol. The van der Waals surface area contributed by atoms with Crippen LogP contribution in [0, 0.1) is 17.8 Å². The smallest absolute Gasteiger partial charge is 0.225 e. The number of likely N-dealkylation sites (tertiary alicyclic amines) is 1. The molecule has 1 saturated heterocycles.